The van der Waals surface area contributed by atoms with Gasteiger partial charge in [0.05, 0.1) is 0 Å². The Labute approximate surface area is 122 Å². The zero-order chi connectivity index (χ0) is 13.7. The highest BCUT2D eigenvalue weighted by atomic mass is 32.2. The quantitative estimate of drug-likeness (QED) is 0.491. The summed E-state index contributed by atoms with van der Waals surface area (Å²) < 4.78 is 0. The van der Waals surface area contributed by atoms with Crippen LogP contribution in [0.5, 0.6) is 0 Å². The number of benzene rings is 2. The molecule has 2 aromatic rings. The van der Waals surface area contributed by atoms with Crippen molar-refractivity contribution in [1.29, 1.82) is 5.41 Å². The summed E-state index contributed by atoms with van der Waals surface area (Å²) in [6.45, 7) is 2.10. The van der Waals surface area contributed by atoms with E-state index in [2.05, 4.69) is 19.1 Å². The maximum Gasteiger partial charge on any atom is 0.125 e. The molecule has 2 aromatic carbocycles. The van der Waals surface area contributed by atoms with Crippen LogP contribution < -0.4 is 5.73 Å². The van der Waals surface area contributed by atoms with Crippen molar-refractivity contribution in [2.45, 2.75) is 21.6 Å². The van der Waals surface area contributed by atoms with E-state index >= 15 is 0 Å². The minimum absolute atomic E-state index is 0.134. The summed E-state index contributed by atoms with van der Waals surface area (Å²) in [6, 6.07) is 16.2. The van der Waals surface area contributed by atoms with Gasteiger partial charge in [0, 0.05) is 20.2 Å². The maximum atomic E-state index is 7.81. The minimum Gasteiger partial charge on any atom is -0.384 e. The standard InChI is InChI=1S/C15H16N2S2/c1-2-18-12-9-6-10-13(14(12)15(16)17)19-11-7-4-3-5-8-11/h3-10H,2H2,1H3,(H3,16,17). The highest BCUT2D eigenvalue weighted by Gasteiger charge is 2.12. The summed E-state index contributed by atoms with van der Waals surface area (Å²) in [5.41, 5.74) is 6.61. The van der Waals surface area contributed by atoms with Crippen molar-refractivity contribution in [3.05, 3.63) is 54.1 Å². The first-order valence-corrected chi connectivity index (χ1v) is 7.85. The van der Waals surface area contributed by atoms with Gasteiger partial charge in [0.15, 0.2) is 0 Å². The van der Waals surface area contributed by atoms with Crippen molar-refractivity contribution in [3.63, 3.8) is 0 Å². The Kier molecular flexibility index (Phi) is 4.93. The fourth-order valence-corrected chi connectivity index (χ4v) is 3.68. The molecule has 98 valence electrons. The summed E-state index contributed by atoms with van der Waals surface area (Å²) in [5, 5.41) is 7.81. The molecular weight excluding hydrogens is 272 g/mol. The molecule has 0 unspecified atom stereocenters. The molecule has 0 bridgehead atoms. The Bertz CT molecular complexity index is 568. The van der Waals surface area contributed by atoms with Gasteiger partial charge in [-0.2, -0.15) is 0 Å². The van der Waals surface area contributed by atoms with Crippen molar-refractivity contribution >= 4 is 29.4 Å². The lowest BCUT2D eigenvalue weighted by Crippen LogP contribution is -2.13. The Morgan fingerprint density at radius 1 is 1.05 bits per heavy atom. The number of nitrogen functional groups attached to an aromatic ring is 1. The topological polar surface area (TPSA) is 49.9 Å². The van der Waals surface area contributed by atoms with E-state index in [4.69, 9.17) is 11.1 Å². The lowest BCUT2D eigenvalue weighted by molar-refractivity contribution is 1.24. The average Bonchev–Trinajstić information content (AvgIpc) is 2.40. The molecule has 0 spiro atoms. The molecule has 2 nitrogen and oxygen atoms in total. The van der Waals surface area contributed by atoms with Crippen molar-refractivity contribution in [2.24, 2.45) is 5.73 Å². The van der Waals surface area contributed by atoms with E-state index in [1.807, 2.05) is 36.4 Å². The molecule has 0 aliphatic carbocycles. The molecule has 0 amide bonds. The molecule has 0 aliphatic rings. The highest BCUT2D eigenvalue weighted by molar-refractivity contribution is 8.00. The van der Waals surface area contributed by atoms with Crippen LogP contribution in [0.2, 0.25) is 0 Å². The highest BCUT2D eigenvalue weighted by Crippen LogP contribution is 2.35. The first-order valence-electron chi connectivity index (χ1n) is 6.05. The fourth-order valence-electron chi connectivity index (χ4n) is 1.75. The van der Waals surface area contributed by atoms with Gasteiger partial charge in [-0.25, -0.2) is 0 Å². The minimum atomic E-state index is 0.134. The van der Waals surface area contributed by atoms with Crippen molar-refractivity contribution in [1.82, 2.24) is 0 Å². The van der Waals surface area contributed by atoms with Gasteiger partial charge in [-0.3, -0.25) is 5.41 Å². The van der Waals surface area contributed by atoms with E-state index in [0.29, 0.717) is 0 Å². The normalized spacial score (nSPS) is 10.4. The molecule has 0 fully saturated rings. The Hall–Kier alpha value is -1.39. The van der Waals surface area contributed by atoms with Crippen LogP contribution in [0, 0.1) is 5.41 Å². The molecule has 0 aromatic heterocycles. The fraction of sp³-hybridized carbons (Fsp3) is 0.133. The van der Waals surface area contributed by atoms with Crippen LogP contribution in [0.15, 0.2) is 63.2 Å². The molecule has 0 saturated carbocycles. The third-order valence-electron chi connectivity index (χ3n) is 2.53. The number of hydrogen-bond donors (Lipinski definition) is 2. The number of thioether (sulfide) groups is 1. The Balaban J connectivity index is 2.39. The van der Waals surface area contributed by atoms with Gasteiger partial charge in [0.25, 0.3) is 0 Å². The van der Waals surface area contributed by atoms with E-state index in [-0.39, 0.29) is 5.84 Å². The zero-order valence-electron chi connectivity index (χ0n) is 10.7. The molecule has 0 aliphatic heterocycles. The summed E-state index contributed by atoms with van der Waals surface area (Å²) in [5.74, 6) is 1.11. The second-order valence-corrected chi connectivity index (χ2v) is 6.31. The smallest absolute Gasteiger partial charge is 0.125 e. The number of nitrogens with two attached hydrogens (primary N) is 1. The Morgan fingerprint density at radius 2 is 1.74 bits per heavy atom. The maximum absolute atomic E-state index is 7.81. The number of nitrogens with one attached hydrogen (secondary N) is 1. The van der Waals surface area contributed by atoms with E-state index in [0.717, 1.165) is 26.0 Å². The molecule has 3 N–H and O–H groups in total. The van der Waals surface area contributed by atoms with Crippen LogP contribution in [0.3, 0.4) is 0 Å². The molecular formula is C15H16N2S2. The van der Waals surface area contributed by atoms with Crippen LogP contribution in [0.1, 0.15) is 12.5 Å². The van der Waals surface area contributed by atoms with Gasteiger partial charge in [0.2, 0.25) is 0 Å². The molecule has 2 rings (SSSR count). The van der Waals surface area contributed by atoms with Gasteiger partial charge in [-0.1, -0.05) is 43.0 Å². The van der Waals surface area contributed by atoms with Crippen molar-refractivity contribution < 1.29 is 0 Å². The predicted octanol–water partition coefficient (Wildman–Crippen LogP) is 4.23. The van der Waals surface area contributed by atoms with Crippen LogP contribution in [0.4, 0.5) is 0 Å². The van der Waals surface area contributed by atoms with E-state index in [1.54, 1.807) is 23.5 Å². The first kappa shape index (κ1) is 14.0. The predicted molar refractivity (Wildman–Crippen MR) is 84.4 cm³/mol. The third-order valence-corrected chi connectivity index (χ3v) is 4.54. The van der Waals surface area contributed by atoms with Crippen LogP contribution >= 0.6 is 23.5 Å². The Morgan fingerprint density at radius 3 is 2.37 bits per heavy atom. The van der Waals surface area contributed by atoms with Crippen molar-refractivity contribution in [2.75, 3.05) is 5.75 Å². The van der Waals surface area contributed by atoms with Gasteiger partial charge in [-0.05, 0) is 30.0 Å². The monoisotopic (exact) mass is 288 g/mol. The lowest BCUT2D eigenvalue weighted by atomic mass is 10.2. The summed E-state index contributed by atoms with van der Waals surface area (Å²) >= 11 is 3.37. The van der Waals surface area contributed by atoms with Gasteiger partial charge in [-0.15, -0.1) is 11.8 Å². The van der Waals surface area contributed by atoms with E-state index < -0.39 is 0 Å². The first-order chi connectivity index (χ1) is 9.22. The second kappa shape index (κ2) is 6.68. The van der Waals surface area contributed by atoms with Crippen LogP contribution in [0.25, 0.3) is 0 Å². The second-order valence-electron chi connectivity index (χ2n) is 3.89. The summed E-state index contributed by atoms with van der Waals surface area (Å²) in [7, 11) is 0. The van der Waals surface area contributed by atoms with Crippen LogP contribution in [-0.2, 0) is 0 Å². The number of amidine groups is 1. The van der Waals surface area contributed by atoms with Gasteiger partial charge in [0.1, 0.15) is 5.84 Å². The number of rotatable bonds is 5. The van der Waals surface area contributed by atoms with E-state index in [1.165, 1.54) is 0 Å². The molecule has 4 heteroatoms. The summed E-state index contributed by atoms with van der Waals surface area (Å²) in [6.07, 6.45) is 0. The van der Waals surface area contributed by atoms with Crippen molar-refractivity contribution in [3.8, 4) is 0 Å². The number of hydrogen-bond acceptors (Lipinski definition) is 3. The molecule has 0 atom stereocenters. The summed E-state index contributed by atoms with van der Waals surface area (Å²) in [4.78, 5) is 3.27. The van der Waals surface area contributed by atoms with Gasteiger partial charge < -0.3 is 5.73 Å². The molecule has 0 saturated heterocycles. The van der Waals surface area contributed by atoms with E-state index in [9.17, 15) is 0 Å². The third kappa shape index (κ3) is 3.55. The largest absolute Gasteiger partial charge is 0.384 e. The average molecular weight is 288 g/mol. The van der Waals surface area contributed by atoms with Gasteiger partial charge >= 0.3 is 0 Å². The molecule has 0 heterocycles. The molecule has 0 radical (unpaired) electrons. The molecule has 19 heavy (non-hydrogen) atoms. The lowest BCUT2D eigenvalue weighted by Gasteiger charge is -2.12. The SMILES string of the molecule is CCSc1cccc(Sc2ccccc2)c1C(=N)N. The van der Waals surface area contributed by atoms with Crippen LogP contribution in [-0.4, -0.2) is 11.6 Å². The zero-order valence-corrected chi connectivity index (χ0v) is 12.4.